The third kappa shape index (κ3) is 2.52. The zero-order chi connectivity index (χ0) is 13.4. The molecule has 1 saturated heterocycles. The molecular formula is C15H21ClN2O. The molecule has 3 N–H and O–H groups in total. The molecule has 19 heavy (non-hydrogen) atoms. The van der Waals surface area contributed by atoms with E-state index in [1.807, 2.05) is 12.1 Å². The number of benzene rings is 1. The third-order valence-corrected chi connectivity index (χ3v) is 5.02. The second-order valence-electron chi connectivity index (χ2n) is 5.83. The van der Waals surface area contributed by atoms with Crippen molar-refractivity contribution in [1.29, 1.82) is 0 Å². The number of fused-ring (bicyclic) bond motifs is 1. The molecule has 4 unspecified atom stereocenters. The van der Waals surface area contributed by atoms with Crippen molar-refractivity contribution in [1.82, 2.24) is 4.90 Å². The SMILES string of the molecule is NCC(c1ccc(Cl)cc1)N1CC2CCC(O)C2C1. The maximum atomic E-state index is 10.0. The number of hydrogen-bond donors (Lipinski definition) is 2. The van der Waals surface area contributed by atoms with Crippen LogP contribution >= 0.6 is 11.6 Å². The summed E-state index contributed by atoms with van der Waals surface area (Å²) in [5, 5.41) is 10.8. The molecule has 0 aromatic heterocycles. The number of rotatable bonds is 3. The first-order chi connectivity index (χ1) is 9.19. The number of halogens is 1. The number of likely N-dealkylation sites (tertiary alicyclic amines) is 1. The van der Waals surface area contributed by atoms with Crippen molar-refractivity contribution in [3.8, 4) is 0 Å². The van der Waals surface area contributed by atoms with Crippen LogP contribution in [0, 0.1) is 11.8 Å². The van der Waals surface area contributed by atoms with E-state index in [1.54, 1.807) is 0 Å². The maximum absolute atomic E-state index is 10.0. The van der Waals surface area contributed by atoms with Crippen LogP contribution < -0.4 is 5.73 Å². The van der Waals surface area contributed by atoms with Gasteiger partial charge >= 0.3 is 0 Å². The average molecular weight is 281 g/mol. The van der Waals surface area contributed by atoms with Gasteiger partial charge in [0.2, 0.25) is 0 Å². The Morgan fingerprint density at radius 1 is 1.26 bits per heavy atom. The van der Waals surface area contributed by atoms with Gasteiger partial charge in [0.1, 0.15) is 0 Å². The van der Waals surface area contributed by atoms with E-state index in [2.05, 4.69) is 17.0 Å². The van der Waals surface area contributed by atoms with Crippen LogP contribution in [0.4, 0.5) is 0 Å². The largest absolute Gasteiger partial charge is 0.393 e. The van der Waals surface area contributed by atoms with E-state index in [9.17, 15) is 5.11 Å². The Kier molecular flexibility index (Phi) is 3.81. The molecule has 3 nitrogen and oxygen atoms in total. The molecule has 104 valence electrons. The van der Waals surface area contributed by atoms with Crippen molar-refractivity contribution in [2.24, 2.45) is 17.6 Å². The number of nitrogens with zero attached hydrogens (tertiary/aromatic N) is 1. The van der Waals surface area contributed by atoms with Crippen LogP contribution in [-0.2, 0) is 0 Å². The summed E-state index contributed by atoms with van der Waals surface area (Å²) in [5.74, 6) is 1.10. The van der Waals surface area contributed by atoms with Gasteiger partial charge in [0.05, 0.1) is 6.10 Å². The van der Waals surface area contributed by atoms with Crippen molar-refractivity contribution >= 4 is 11.6 Å². The predicted octanol–water partition coefficient (Wildman–Crippen LogP) is 2.04. The van der Waals surface area contributed by atoms with Gasteiger partial charge < -0.3 is 10.8 Å². The Balaban J connectivity index is 1.75. The summed E-state index contributed by atoms with van der Waals surface area (Å²) in [5.41, 5.74) is 7.19. The lowest BCUT2D eigenvalue weighted by Gasteiger charge is -2.28. The van der Waals surface area contributed by atoms with Crippen LogP contribution in [0.1, 0.15) is 24.4 Å². The fourth-order valence-electron chi connectivity index (χ4n) is 3.71. The highest BCUT2D eigenvalue weighted by molar-refractivity contribution is 6.30. The number of aliphatic hydroxyl groups is 1. The highest BCUT2D eigenvalue weighted by atomic mass is 35.5. The monoisotopic (exact) mass is 280 g/mol. The quantitative estimate of drug-likeness (QED) is 0.891. The van der Waals surface area contributed by atoms with Crippen molar-refractivity contribution in [2.75, 3.05) is 19.6 Å². The Bertz CT molecular complexity index is 436. The van der Waals surface area contributed by atoms with E-state index >= 15 is 0 Å². The minimum Gasteiger partial charge on any atom is -0.393 e. The highest BCUT2D eigenvalue weighted by Gasteiger charge is 2.43. The van der Waals surface area contributed by atoms with Crippen LogP contribution in [0.25, 0.3) is 0 Å². The molecule has 4 atom stereocenters. The molecule has 3 rings (SSSR count). The zero-order valence-electron chi connectivity index (χ0n) is 11.0. The van der Waals surface area contributed by atoms with Gasteiger partial charge in [0.15, 0.2) is 0 Å². The summed E-state index contributed by atoms with van der Waals surface area (Å²) < 4.78 is 0. The van der Waals surface area contributed by atoms with Crippen LogP contribution in [0.5, 0.6) is 0 Å². The van der Waals surface area contributed by atoms with Gasteiger partial charge in [0.25, 0.3) is 0 Å². The highest BCUT2D eigenvalue weighted by Crippen LogP contribution is 2.41. The van der Waals surface area contributed by atoms with Crippen LogP contribution in [0.2, 0.25) is 5.02 Å². The molecule has 1 heterocycles. The summed E-state index contributed by atoms with van der Waals surface area (Å²) in [6, 6.07) is 8.21. The summed E-state index contributed by atoms with van der Waals surface area (Å²) in [6.45, 7) is 2.64. The van der Waals surface area contributed by atoms with Crippen LogP contribution in [0.3, 0.4) is 0 Å². The lowest BCUT2D eigenvalue weighted by molar-refractivity contribution is 0.118. The van der Waals surface area contributed by atoms with Gasteiger partial charge in [-0.2, -0.15) is 0 Å². The average Bonchev–Trinajstić information content (AvgIpc) is 2.96. The fourth-order valence-corrected chi connectivity index (χ4v) is 3.83. The van der Waals surface area contributed by atoms with Crippen molar-refractivity contribution in [2.45, 2.75) is 25.0 Å². The molecule has 1 aromatic carbocycles. The second-order valence-corrected chi connectivity index (χ2v) is 6.26. The Morgan fingerprint density at radius 3 is 2.63 bits per heavy atom. The Labute approximate surface area is 119 Å². The topological polar surface area (TPSA) is 49.5 Å². The van der Waals surface area contributed by atoms with Crippen LogP contribution in [0.15, 0.2) is 24.3 Å². The van der Waals surface area contributed by atoms with E-state index in [0.29, 0.717) is 18.4 Å². The van der Waals surface area contributed by atoms with E-state index in [1.165, 1.54) is 5.56 Å². The van der Waals surface area contributed by atoms with Crippen molar-refractivity contribution in [3.63, 3.8) is 0 Å². The molecule has 1 saturated carbocycles. The van der Waals surface area contributed by atoms with Gasteiger partial charge in [0, 0.05) is 36.6 Å². The number of aliphatic hydroxyl groups excluding tert-OH is 1. The molecule has 4 heteroatoms. The Hall–Kier alpha value is -0.610. The minimum absolute atomic E-state index is 0.112. The summed E-state index contributed by atoms with van der Waals surface area (Å²) in [7, 11) is 0. The molecule has 0 amide bonds. The second kappa shape index (κ2) is 5.41. The normalized spacial score (nSPS) is 32.5. The van der Waals surface area contributed by atoms with Gasteiger partial charge in [-0.1, -0.05) is 23.7 Å². The van der Waals surface area contributed by atoms with E-state index in [0.717, 1.165) is 31.0 Å². The lowest BCUT2D eigenvalue weighted by atomic mass is 10.00. The summed E-state index contributed by atoms with van der Waals surface area (Å²) in [4.78, 5) is 2.43. The third-order valence-electron chi connectivity index (χ3n) is 4.77. The standard InChI is InChI=1S/C15H21ClN2O/c16-12-4-1-10(2-5-12)14(7-17)18-8-11-3-6-15(19)13(11)9-18/h1-2,4-5,11,13-15,19H,3,6-9,17H2. The van der Waals surface area contributed by atoms with Crippen molar-refractivity contribution in [3.05, 3.63) is 34.9 Å². The fraction of sp³-hybridized carbons (Fsp3) is 0.600. The molecule has 0 spiro atoms. The minimum atomic E-state index is -0.112. The van der Waals surface area contributed by atoms with E-state index in [4.69, 9.17) is 17.3 Å². The molecule has 0 radical (unpaired) electrons. The first-order valence-electron chi connectivity index (χ1n) is 7.06. The maximum Gasteiger partial charge on any atom is 0.0583 e. The molecule has 1 aliphatic heterocycles. The molecule has 1 aliphatic carbocycles. The van der Waals surface area contributed by atoms with E-state index < -0.39 is 0 Å². The van der Waals surface area contributed by atoms with Crippen LogP contribution in [-0.4, -0.2) is 35.7 Å². The zero-order valence-corrected chi connectivity index (χ0v) is 11.8. The smallest absolute Gasteiger partial charge is 0.0583 e. The molecule has 2 fully saturated rings. The number of hydrogen-bond acceptors (Lipinski definition) is 3. The van der Waals surface area contributed by atoms with Crippen molar-refractivity contribution < 1.29 is 5.11 Å². The van der Waals surface area contributed by atoms with Gasteiger partial charge in [-0.05, 0) is 36.5 Å². The molecule has 0 bridgehead atoms. The molecule has 2 aliphatic rings. The summed E-state index contributed by atoms with van der Waals surface area (Å²) in [6.07, 6.45) is 2.01. The Morgan fingerprint density at radius 2 is 2.00 bits per heavy atom. The lowest BCUT2D eigenvalue weighted by Crippen LogP contribution is -2.33. The van der Waals surface area contributed by atoms with Gasteiger partial charge in [-0.3, -0.25) is 4.90 Å². The summed E-state index contributed by atoms with van der Waals surface area (Å²) >= 11 is 5.94. The predicted molar refractivity (Wildman–Crippen MR) is 77.0 cm³/mol. The molecule has 1 aromatic rings. The molecular weight excluding hydrogens is 260 g/mol. The van der Waals surface area contributed by atoms with Gasteiger partial charge in [-0.15, -0.1) is 0 Å². The number of nitrogens with two attached hydrogens (primary N) is 1. The van der Waals surface area contributed by atoms with Gasteiger partial charge in [-0.25, -0.2) is 0 Å². The van der Waals surface area contributed by atoms with E-state index in [-0.39, 0.29) is 12.1 Å². The first-order valence-corrected chi connectivity index (χ1v) is 7.44. The first kappa shape index (κ1) is 13.4.